The fourth-order valence-corrected chi connectivity index (χ4v) is 2.70. The van der Waals surface area contributed by atoms with Gasteiger partial charge >= 0.3 is 0 Å². The average molecular weight is 360 g/mol. The first-order valence-electron chi connectivity index (χ1n) is 9.17. The van der Waals surface area contributed by atoms with Gasteiger partial charge in [0.25, 0.3) is 5.91 Å². The zero-order valence-corrected chi connectivity index (χ0v) is 15.7. The summed E-state index contributed by atoms with van der Waals surface area (Å²) in [4.78, 5) is 12.2. The minimum Gasteiger partial charge on any atom is -0.494 e. The summed E-state index contributed by atoms with van der Waals surface area (Å²) in [7, 11) is 0. The van der Waals surface area contributed by atoms with Crippen LogP contribution < -0.4 is 10.2 Å². The van der Waals surface area contributed by atoms with E-state index in [4.69, 9.17) is 4.74 Å². The van der Waals surface area contributed by atoms with Crippen LogP contribution in [-0.4, -0.2) is 18.7 Å². The van der Waals surface area contributed by atoms with Crippen LogP contribution in [0.1, 0.15) is 36.2 Å². The number of carbonyl (C=O) groups is 1. The third-order valence-corrected chi connectivity index (χ3v) is 4.27. The third-order valence-electron chi connectivity index (χ3n) is 4.27. The normalized spacial score (nSPS) is 11.2. The van der Waals surface area contributed by atoms with E-state index in [0.717, 1.165) is 28.5 Å². The number of hydrogen-bond donors (Lipinski definition) is 1. The van der Waals surface area contributed by atoms with Crippen LogP contribution in [-0.2, 0) is 0 Å². The number of benzene rings is 3. The zero-order chi connectivity index (χ0) is 19.1. The van der Waals surface area contributed by atoms with Crippen molar-refractivity contribution in [1.82, 2.24) is 5.43 Å². The predicted molar refractivity (Wildman–Crippen MR) is 110 cm³/mol. The van der Waals surface area contributed by atoms with E-state index >= 15 is 0 Å². The number of carbonyl (C=O) groups excluding carboxylic acids is 1. The van der Waals surface area contributed by atoms with Gasteiger partial charge in [0.05, 0.1) is 12.8 Å². The number of nitrogens with zero attached hydrogens (tertiary/aromatic N) is 1. The summed E-state index contributed by atoms with van der Waals surface area (Å²) in [5.41, 5.74) is 4.08. The molecule has 0 aliphatic carbocycles. The van der Waals surface area contributed by atoms with Crippen LogP contribution in [0.4, 0.5) is 0 Å². The first-order valence-corrected chi connectivity index (χ1v) is 9.17. The third kappa shape index (κ3) is 5.17. The molecule has 138 valence electrons. The van der Waals surface area contributed by atoms with E-state index < -0.39 is 0 Å². The second kappa shape index (κ2) is 8.99. The van der Waals surface area contributed by atoms with Crippen molar-refractivity contribution in [3.8, 4) is 5.75 Å². The number of hydrazone groups is 1. The van der Waals surface area contributed by atoms with Crippen molar-refractivity contribution in [3.05, 3.63) is 77.9 Å². The molecule has 1 amide bonds. The number of hydrogen-bond acceptors (Lipinski definition) is 3. The minimum atomic E-state index is -0.250. The number of amides is 1. The van der Waals surface area contributed by atoms with E-state index in [-0.39, 0.29) is 5.91 Å². The first-order chi connectivity index (χ1) is 13.1. The van der Waals surface area contributed by atoms with Gasteiger partial charge in [0.1, 0.15) is 5.75 Å². The van der Waals surface area contributed by atoms with Crippen molar-refractivity contribution in [3.63, 3.8) is 0 Å². The van der Waals surface area contributed by atoms with E-state index in [0.29, 0.717) is 18.1 Å². The summed E-state index contributed by atoms with van der Waals surface area (Å²) in [5.74, 6) is 1.13. The Balaban J connectivity index is 1.59. The van der Waals surface area contributed by atoms with E-state index in [2.05, 4.69) is 36.5 Å². The molecule has 4 heteroatoms. The SMILES string of the molecule is CC(C)CCOc1ccc(C(=O)N/N=C/c2cccc3ccccc23)cc1. The molecule has 0 saturated carbocycles. The molecule has 3 aromatic rings. The molecular weight excluding hydrogens is 336 g/mol. The van der Waals surface area contributed by atoms with Crippen molar-refractivity contribution in [2.45, 2.75) is 20.3 Å². The van der Waals surface area contributed by atoms with Gasteiger partial charge in [-0.15, -0.1) is 0 Å². The number of fused-ring (bicyclic) bond motifs is 1. The molecular formula is C23H24N2O2. The molecule has 3 aromatic carbocycles. The molecule has 0 unspecified atom stereocenters. The second-order valence-electron chi connectivity index (χ2n) is 6.82. The molecule has 1 N–H and O–H groups in total. The van der Waals surface area contributed by atoms with Crippen molar-refractivity contribution in [1.29, 1.82) is 0 Å². The maximum atomic E-state index is 12.2. The van der Waals surface area contributed by atoms with Crippen LogP contribution in [0.5, 0.6) is 5.75 Å². The van der Waals surface area contributed by atoms with Gasteiger partial charge in [0, 0.05) is 11.1 Å². The van der Waals surface area contributed by atoms with Crippen LogP contribution in [0.3, 0.4) is 0 Å². The lowest BCUT2D eigenvalue weighted by Gasteiger charge is -2.08. The summed E-state index contributed by atoms with van der Waals surface area (Å²) in [6.07, 6.45) is 2.68. The van der Waals surface area contributed by atoms with Gasteiger partial charge in [-0.1, -0.05) is 56.3 Å². The highest BCUT2D eigenvalue weighted by atomic mass is 16.5. The maximum Gasteiger partial charge on any atom is 0.271 e. The Hall–Kier alpha value is -3.14. The monoisotopic (exact) mass is 360 g/mol. The molecule has 0 saturated heterocycles. The molecule has 0 atom stereocenters. The lowest BCUT2D eigenvalue weighted by Crippen LogP contribution is -2.17. The molecule has 3 rings (SSSR count). The Kier molecular flexibility index (Phi) is 6.21. The van der Waals surface area contributed by atoms with Crippen LogP contribution >= 0.6 is 0 Å². The molecule has 0 radical (unpaired) electrons. The fourth-order valence-electron chi connectivity index (χ4n) is 2.70. The van der Waals surface area contributed by atoms with Crippen LogP contribution in [0.25, 0.3) is 10.8 Å². The Morgan fingerprint density at radius 3 is 2.56 bits per heavy atom. The van der Waals surface area contributed by atoms with E-state index in [1.54, 1.807) is 18.3 Å². The number of rotatable bonds is 7. The van der Waals surface area contributed by atoms with Crippen molar-refractivity contribution in [2.75, 3.05) is 6.61 Å². The maximum absolute atomic E-state index is 12.2. The van der Waals surface area contributed by atoms with Gasteiger partial charge in [-0.3, -0.25) is 4.79 Å². The Morgan fingerprint density at radius 2 is 1.78 bits per heavy atom. The molecule has 0 aromatic heterocycles. The largest absolute Gasteiger partial charge is 0.494 e. The minimum absolute atomic E-state index is 0.250. The zero-order valence-electron chi connectivity index (χ0n) is 15.7. The highest BCUT2D eigenvalue weighted by Crippen LogP contribution is 2.17. The van der Waals surface area contributed by atoms with Crippen LogP contribution in [0.15, 0.2) is 71.8 Å². The highest BCUT2D eigenvalue weighted by molar-refractivity contribution is 6.00. The first kappa shape index (κ1) is 18.6. The summed E-state index contributed by atoms with van der Waals surface area (Å²) in [5, 5.41) is 6.34. The van der Waals surface area contributed by atoms with Crippen LogP contribution in [0, 0.1) is 5.92 Å². The quantitative estimate of drug-likeness (QED) is 0.475. The molecule has 0 bridgehead atoms. The molecule has 27 heavy (non-hydrogen) atoms. The van der Waals surface area contributed by atoms with Gasteiger partial charge in [0.2, 0.25) is 0 Å². The van der Waals surface area contributed by atoms with Crippen molar-refractivity contribution >= 4 is 22.9 Å². The number of ether oxygens (including phenoxy) is 1. The topological polar surface area (TPSA) is 50.7 Å². The van der Waals surface area contributed by atoms with Gasteiger partial charge in [-0.2, -0.15) is 5.10 Å². The highest BCUT2D eigenvalue weighted by Gasteiger charge is 2.05. The molecule has 4 nitrogen and oxygen atoms in total. The van der Waals surface area contributed by atoms with Gasteiger partial charge in [-0.25, -0.2) is 5.43 Å². The van der Waals surface area contributed by atoms with Crippen molar-refractivity contribution in [2.24, 2.45) is 11.0 Å². The summed E-state index contributed by atoms with van der Waals surface area (Å²) >= 11 is 0. The standard InChI is InChI=1S/C23H24N2O2/c1-17(2)14-15-27-21-12-10-19(11-13-21)23(26)25-24-16-20-8-5-7-18-6-3-4-9-22(18)20/h3-13,16-17H,14-15H2,1-2H3,(H,25,26)/b24-16+. The molecule has 0 spiro atoms. The van der Waals surface area contributed by atoms with Crippen LogP contribution in [0.2, 0.25) is 0 Å². The Morgan fingerprint density at radius 1 is 1.04 bits per heavy atom. The Labute approximate surface area is 159 Å². The van der Waals surface area contributed by atoms with E-state index in [1.165, 1.54) is 0 Å². The fraction of sp³-hybridized carbons (Fsp3) is 0.217. The van der Waals surface area contributed by atoms with Gasteiger partial charge < -0.3 is 4.74 Å². The Bertz CT molecular complexity index is 925. The predicted octanol–water partition coefficient (Wildman–Crippen LogP) is 5.03. The number of nitrogens with one attached hydrogen (secondary N) is 1. The second-order valence-corrected chi connectivity index (χ2v) is 6.82. The van der Waals surface area contributed by atoms with E-state index in [1.807, 2.05) is 42.5 Å². The smallest absolute Gasteiger partial charge is 0.271 e. The molecule has 0 heterocycles. The average Bonchev–Trinajstić information content (AvgIpc) is 2.68. The molecule has 0 fully saturated rings. The van der Waals surface area contributed by atoms with E-state index in [9.17, 15) is 4.79 Å². The molecule has 0 aliphatic heterocycles. The van der Waals surface area contributed by atoms with Gasteiger partial charge in [0.15, 0.2) is 0 Å². The molecule has 0 aliphatic rings. The van der Waals surface area contributed by atoms with Gasteiger partial charge in [-0.05, 0) is 47.4 Å². The summed E-state index contributed by atoms with van der Waals surface area (Å²) in [6.45, 7) is 5.00. The van der Waals surface area contributed by atoms with Crippen molar-refractivity contribution < 1.29 is 9.53 Å². The summed E-state index contributed by atoms with van der Waals surface area (Å²) < 4.78 is 5.67. The summed E-state index contributed by atoms with van der Waals surface area (Å²) in [6, 6.07) is 21.2. The lowest BCUT2D eigenvalue weighted by molar-refractivity contribution is 0.0955. The lowest BCUT2D eigenvalue weighted by atomic mass is 10.1.